The van der Waals surface area contributed by atoms with Crippen LogP contribution in [-0.2, 0) is 0 Å². The topological polar surface area (TPSA) is 20.3 Å². The third kappa shape index (κ3) is 2.93. The fourth-order valence-corrected chi connectivity index (χ4v) is 4.88. The zero-order chi connectivity index (χ0) is 12.6. The standard InChI is InChI=1S/C12H15Br2NOS/c1-7-3-4-15(6-8(7)2)12(16)9-5-10(13)17-11(9)14/h5,7-8H,3-4,6H2,1-2H3. The highest BCUT2D eigenvalue weighted by Gasteiger charge is 2.28. The number of amides is 1. The zero-order valence-electron chi connectivity index (χ0n) is 9.87. The molecule has 2 heterocycles. The summed E-state index contributed by atoms with van der Waals surface area (Å²) in [6.07, 6.45) is 1.11. The number of carbonyl (C=O) groups excluding carboxylic acids is 1. The van der Waals surface area contributed by atoms with E-state index in [1.807, 2.05) is 11.0 Å². The van der Waals surface area contributed by atoms with Crippen molar-refractivity contribution in [3.63, 3.8) is 0 Å². The van der Waals surface area contributed by atoms with Gasteiger partial charge in [0, 0.05) is 13.1 Å². The van der Waals surface area contributed by atoms with Crippen molar-refractivity contribution in [2.75, 3.05) is 13.1 Å². The van der Waals surface area contributed by atoms with E-state index in [0.29, 0.717) is 5.92 Å². The number of thiophene rings is 1. The largest absolute Gasteiger partial charge is 0.338 e. The number of likely N-dealkylation sites (tertiary alicyclic amines) is 1. The molecule has 2 unspecified atom stereocenters. The molecule has 1 fully saturated rings. The minimum Gasteiger partial charge on any atom is -0.338 e. The van der Waals surface area contributed by atoms with E-state index >= 15 is 0 Å². The van der Waals surface area contributed by atoms with Gasteiger partial charge in [0.05, 0.1) is 13.1 Å². The molecule has 1 aromatic heterocycles. The van der Waals surface area contributed by atoms with Gasteiger partial charge in [-0.25, -0.2) is 0 Å². The lowest BCUT2D eigenvalue weighted by Crippen LogP contribution is -2.42. The smallest absolute Gasteiger partial charge is 0.255 e. The van der Waals surface area contributed by atoms with Crippen molar-refractivity contribution in [1.29, 1.82) is 0 Å². The van der Waals surface area contributed by atoms with Gasteiger partial charge < -0.3 is 4.90 Å². The summed E-state index contributed by atoms with van der Waals surface area (Å²) in [6.45, 7) is 6.25. The second kappa shape index (κ2) is 5.41. The number of carbonyl (C=O) groups is 1. The number of nitrogens with zero attached hydrogens (tertiary/aromatic N) is 1. The number of piperidine rings is 1. The normalized spacial score (nSPS) is 25.1. The molecule has 2 rings (SSSR count). The zero-order valence-corrected chi connectivity index (χ0v) is 13.9. The molecule has 0 aliphatic carbocycles. The van der Waals surface area contributed by atoms with Crippen LogP contribution in [0.2, 0.25) is 0 Å². The Kier molecular flexibility index (Phi) is 4.31. The van der Waals surface area contributed by atoms with Crippen LogP contribution < -0.4 is 0 Å². The summed E-state index contributed by atoms with van der Waals surface area (Å²) in [7, 11) is 0. The van der Waals surface area contributed by atoms with Gasteiger partial charge in [0.25, 0.3) is 5.91 Å². The molecular formula is C12H15Br2NOS. The minimum atomic E-state index is 0.151. The number of hydrogen-bond donors (Lipinski definition) is 0. The van der Waals surface area contributed by atoms with E-state index in [4.69, 9.17) is 0 Å². The number of rotatable bonds is 1. The highest BCUT2D eigenvalue weighted by molar-refractivity contribution is 9.12. The van der Waals surface area contributed by atoms with Gasteiger partial charge in [-0.3, -0.25) is 4.79 Å². The molecule has 0 radical (unpaired) electrons. The monoisotopic (exact) mass is 379 g/mol. The van der Waals surface area contributed by atoms with Crippen LogP contribution in [0.15, 0.2) is 13.6 Å². The van der Waals surface area contributed by atoms with Gasteiger partial charge >= 0.3 is 0 Å². The Morgan fingerprint density at radius 2 is 2.12 bits per heavy atom. The van der Waals surface area contributed by atoms with Crippen molar-refractivity contribution in [2.24, 2.45) is 11.8 Å². The molecule has 0 spiro atoms. The van der Waals surface area contributed by atoms with Crippen molar-refractivity contribution < 1.29 is 4.79 Å². The highest BCUT2D eigenvalue weighted by Crippen LogP contribution is 2.33. The molecule has 0 N–H and O–H groups in total. The molecule has 2 nitrogen and oxygen atoms in total. The molecule has 1 amide bonds. The van der Waals surface area contributed by atoms with Crippen molar-refractivity contribution in [3.8, 4) is 0 Å². The first-order valence-electron chi connectivity index (χ1n) is 5.73. The molecule has 0 bridgehead atoms. The van der Waals surface area contributed by atoms with Gasteiger partial charge in [0.2, 0.25) is 0 Å². The molecule has 0 saturated carbocycles. The Hall–Kier alpha value is 0.130. The molecule has 94 valence electrons. The lowest BCUT2D eigenvalue weighted by molar-refractivity contribution is 0.0627. The van der Waals surface area contributed by atoms with Gasteiger partial charge in [-0.15, -0.1) is 11.3 Å². The average molecular weight is 381 g/mol. The Bertz CT molecular complexity index is 432. The Labute approximate surface area is 123 Å². The second-order valence-electron chi connectivity index (χ2n) is 4.73. The SMILES string of the molecule is CC1CCN(C(=O)c2cc(Br)sc2Br)CC1C. The summed E-state index contributed by atoms with van der Waals surface area (Å²) < 4.78 is 1.91. The molecule has 17 heavy (non-hydrogen) atoms. The van der Waals surface area contributed by atoms with Crippen LogP contribution >= 0.6 is 43.2 Å². The summed E-state index contributed by atoms with van der Waals surface area (Å²) in [6, 6.07) is 1.90. The lowest BCUT2D eigenvalue weighted by Gasteiger charge is -2.35. The summed E-state index contributed by atoms with van der Waals surface area (Å²) in [5.41, 5.74) is 0.781. The van der Waals surface area contributed by atoms with Crippen molar-refractivity contribution in [2.45, 2.75) is 20.3 Å². The molecule has 2 atom stereocenters. The fourth-order valence-electron chi connectivity index (χ4n) is 2.10. The first-order chi connectivity index (χ1) is 7.99. The van der Waals surface area contributed by atoms with Gasteiger partial charge in [-0.2, -0.15) is 0 Å². The average Bonchev–Trinajstić information content (AvgIpc) is 2.61. The number of halogens is 2. The van der Waals surface area contributed by atoms with Gasteiger partial charge in [-0.05, 0) is 56.2 Å². The van der Waals surface area contributed by atoms with Gasteiger partial charge in [-0.1, -0.05) is 13.8 Å². The Morgan fingerprint density at radius 3 is 2.65 bits per heavy atom. The van der Waals surface area contributed by atoms with E-state index in [2.05, 4.69) is 45.7 Å². The molecule has 1 saturated heterocycles. The predicted molar refractivity (Wildman–Crippen MR) is 78.6 cm³/mol. The van der Waals surface area contributed by atoms with E-state index in [1.165, 1.54) is 0 Å². The van der Waals surface area contributed by atoms with E-state index in [0.717, 1.165) is 38.6 Å². The maximum absolute atomic E-state index is 12.4. The van der Waals surface area contributed by atoms with Crippen LogP contribution in [0.5, 0.6) is 0 Å². The van der Waals surface area contributed by atoms with E-state index in [9.17, 15) is 4.79 Å². The van der Waals surface area contributed by atoms with Crippen LogP contribution in [0.4, 0.5) is 0 Å². The van der Waals surface area contributed by atoms with Gasteiger partial charge in [0.1, 0.15) is 0 Å². The van der Waals surface area contributed by atoms with Crippen molar-refractivity contribution >= 4 is 49.1 Å². The summed E-state index contributed by atoms with van der Waals surface area (Å²) in [5, 5.41) is 0. The first kappa shape index (κ1) is 13.6. The maximum Gasteiger partial charge on any atom is 0.255 e. The highest BCUT2D eigenvalue weighted by atomic mass is 79.9. The Balaban J connectivity index is 2.13. The lowest BCUT2D eigenvalue weighted by atomic mass is 9.88. The quantitative estimate of drug-likeness (QED) is 0.707. The third-order valence-corrected chi connectivity index (χ3v) is 5.85. The van der Waals surface area contributed by atoms with E-state index in [-0.39, 0.29) is 5.91 Å². The predicted octanol–water partition coefficient (Wildman–Crippen LogP) is 4.39. The summed E-state index contributed by atoms with van der Waals surface area (Å²) in [5.74, 6) is 1.46. The molecule has 5 heteroatoms. The summed E-state index contributed by atoms with van der Waals surface area (Å²) in [4.78, 5) is 14.3. The van der Waals surface area contributed by atoms with Gasteiger partial charge in [0.15, 0.2) is 0 Å². The second-order valence-corrected chi connectivity index (χ2v) is 8.48. The molecule has 1 aliphatic rings. The third-order valence-electron chi connectivity index (χ3n) is 3.51. The molecule has 0 aromatic carbocycles. The van der Waals surface area contributed by atoms with Crippen LogP contribution in [0, 0.1) is 11.8 Å². The van der Waals surface area contributed by atoms with E-state index in [1.54, 1.807) is 11.3 Å². The molecular weight excluding hydrogens is 366 g/mol. The van der Waals surface area contributed by atoms with Crippen LogP contribution in [0.25, 0.3) is 0 Å². The van der Waals surface area contributed by atoms with Crippen LogP contribution in [0.1, 0.15) is 30.6 Å². The molecule has 1 aliphatic heterocycles. The van der Waals surface area contributed by atoms with Crippen molar-refractivity contribution in [1.82, 2.24) is 4.90 Å². The molecule has 1 aromatic rings. The summed E-state index contributed by atoms with van der Waals surface area (Å²) >= 11 is 8.42. The fraction of sp³-hybridized carbons (Fsp3) is 0.583. The minimum absolute atomic E-state index is 0.151. The Morgan fingerprint density at radius 1 is 1.41 bits per heavy atom. The van der Waals surface area contributed by atoms with E-state index < -0.39 is 0 Å². The van der Waals surface area contributed by atoms with Crippen LogP contribution in [-0.4, -0.2) is 23.9 Å². The first-order valence-corrected chi connectivity index (χ1v) is 8.13. The maximum atomic E-state index is 12.4. The van der Waals surface area contributed by atoms with Crippen LogP contribution in [0.3, 0.4) is 0 Å². The van der Waals surface area contributed by atoms with Crippen molar-refractivity contribution in [3.05, 3.63) is 19.2 Å². The number of hydrogen-bond acceptors (Lipinski definition) is 2.